The summed E-state index contributed by atoms with van der Waals surface area (Å²) in [6.45, 7) is 2.03. The summed E-state index contributed by atoms with van der Waals surface area (Å²) in [5.41, 5.74) is 7.20. The van der Waals surface area contributed by atoms with Gasteiger partial charge >= 0.3 is 0 Å². The molecule has 4 nitrogen and oxygen atoms in total. The van der Waals surface area contributed by atoms with Gasteiger partial charge in [-0.1, -0.05) is 17.4 Å². The maximum absolute atomic E-state index is 12.6. The van der Waals surface area contributed by atoms with E-state index in [-0.39, 0.29) is 11.9 Å². The molecule has 1 amide bonds. The number of anilines is 1. The number of carbonyl (C=O) groups is 1. The first kappa shape index (κ1) is 14.0. The van der Waals surface area contributed by atoms with Gasteiger partial charge in [-0.2, -0.15) is 0 Å². The molecule has 3 aromatic rings. The first-order chi connectivity index (χ1) is 10.1. The van der Waals surface area contributed by atoms with E-state index >= 15 is 0 Å². The van der Waals surface area contributed by atoms with Gasteiger partial charge in [0.05, 0.1) is 16.3 Å². The number of aromatic nitrogens is 1. The number of hydrogen-bond donors (Lipinski definition) is 1. The largest absolute Gasteiger partial charge is 0.375 e. The van der Waals surface area contributed by atoms with Gasteiger partial charge < -0.3 is 10.6 Å². The van der Waals surface area contributed by atoms with E-state index in [9.17, 15) is 4.79 Å². The van der Waals surface area contributed by atoms with Crippen LogP contribution in [0.15, 0.2) is 35.7 Å². The SMILES string of the molecule is CC(c1cccs1)N(C)C(=O)c1ccc2nc(N)sc2c1. The van der Waals surface area contributed by atoms with Crippen LogP contribution in [0.25, 0.3) is 10.2 Å². The second-order valence-electron chi connectivity index (χ2n) is 4.84. The lowest BCUT2D eigenvalue weighted by atomic mass is 10.1. The van der Waals surface area contributed by atoms with Gasteiger partial charge in [-0.15, -0.1) is 11.3 Å². The molecule has 0 aliphatic rings. The van der Waals surface area contributed by atoms with Crippen LogP contribution in [0.5, 0.6) is 0 Å². The van der Waals surface area contributed by atoms with E-state index in [2.05, 4.69) is 4.98 Å². The van der Waals surface area contributed by atoms with Crippen molar-refractivity contribution in [1.82, 2.24) is 9.88 Å². The minimum atomic E-state index is 0.00442. The lowest BCUT2D eigenvalue weighted by Gasteiger charge is -2.24. The molecule has 0 spiro atoms. The van der Waals surface area contributed by atoms with Crippen molar-refractivity contribution in [3.8, 4) is 0 Å². The summed E-state index contributed by atoms with van der Waals surface area (Å²) < 4.78 is 0.940. The van der Waals surface area contributed by atoms with E-state index < -0.39 is 0 Å². The van der Waals surface area contributed by atoms with Gasteiger partial charge in [-0.25, -0.2) is 4.98 Å². The summed E-state index contributed by atoms with van der Waals surface area (Å²) in [6, 6.07) is 9.62. The predicted octanol–water partition coefficient (Wildman–Crippen LogP) is 3.77. The van der Waals surface area contributed by atoms with Gasteiger partial charge in [0.15, 0.2) is 5.13 Å². The molecule has 108 valence electrons. The lowest BCUT2D eigenvalue weighted by molar-refractivity contribution is 0.0745. The van der Waals surface area contributed by atoms with E-state index in [0.29, 0.717) is 10.7 Å². The number of amides is 1. The fourth-order valence-corrected chi connectivity index (χ4v) is 3.77. The average Bonchev–Trinajstić information content (AvgIpc) is 3.12. The Labute approximate surface area is 130 Å². The molecule has 0 aliphatic carbocycles. The molecular formula is C15H15N3OS2. The Morgan fingerprint density at radius 2 is 2.19 bits per heavy atom. The third kappa shape index (κ3) is 2.64. The molecule has 1 aromatic carbocycles. The second kappa shape index (κ2) is 5.46. The van der Waals surface area contributed by atoms with Crippen molar-refractivity contribution < 1.29 is 4.79 Å². The Morgan fingerprint density at radius 3 is 2.90 bits per heavy atom. The number of nitrogens with zero attached hydrogens (tertiary/aromatic N) is 2. The summed E-state index contributed by atoms with van der Waals surface area (Å²) in [4.78, 5) is 19.8. The summed E-state index contributed by atoms with van der Waals surface area (Å²) in [5.74, 6) is 0.00442. The molecule has 0 saturated carbocycles. The van der Waals surface area contributed by atoms with E-state index in [1.807, 2.05) is 49.7 Å². The number of nitrogens with two attached hydrogens (primary N) is 1. The molecular weight excluding hydrogens is 302 g/mol. The highest BCUT2D eigenvalue weighted by atomic mass is 32.1. The highest BCUT2D eigenvalue weighted by Crippen LogP contribution is 2.27. The van der Waals surface area contributed by atoms with E-state index in [1.54, 1.807) is 16.2 Å². The number of fused-ring (bicyclic) bond motifs is 1. The van der Waals surface area contributed by atoms with Crippen LogP contribution in [-0.2, 0) is 0 Å². The Balaban J connectivity index is 1.88. The number of carbonyl (C=O) groups excluding carboxylic acids is 1. The Bertz CT molecular complexity index is 779. The molecule has 0 radical (unpaired) electrons. The maximum atomic E-state index is 12.6. The fourth-order valence-electron chi connectivity index (χ4n) is 2.17. The molecule has 0 fully saturated rings. The quantitative estimate of drug-likeness (QED) is 0.800. The highest BCUT2D eigenvalue weighted by Gasteiger charge is 2.20. The second-order valence-corrected chi connectivity index (χ2v) is 6.88. The molecule has 2 N–H and O–H groups in total. The normalized spacial score (nSPS) is 12.5. The van der Waals surface area contributed by atoms with Crippen LogP contribution in [-0.4, -0.2) is 22.8 Å². The number of thiophene rings is 1. The number of nitrogen functional groups attached to an aromatic ring is 1. The predicted molar refractivity (Wildman–Crippen MR) is 88.9 cm³/mol. The number of hydrogen-bond acceptors (Lipinski definition) is 5. The average molecular weight is 317 g/mol. The minimum Gasteiger partial charge on any atom is -0.375 e. The fraction of sp³-hybridized carbons (Fsp3) is 0.200. The molecule has 0 aliphatic heterocycles. The summed E-state index contributed by atoms with van der Waals surface area (Å²) in [5, 5.41) is 2.55. The van der Waals surface area contributed by atoms with Gasteiger partial charge in [0.1, 0.15) is 0 Å². The van der Waals surface area contributed by atoms with E-state index in [1.165, 1.54) is 16.2 Å². The lowest BCUT2D eigenvalue weighted by Crippen LogP contribution is -2.29. The zero-order valence-corrected chi connectivity index (χ0v) is 13.4. The Kier molecular flexibility index (Phi) is 3.65. The highest BCUT2D eigenvalue weighted by molar-refractivity contribution is 7.22. The summed E-state index contributed by atoms with van der Waals surface area (Å²) in [6.07, 6.45) is 0. The molecule has 2 aromatic heterocycles. The van der Waals surface area contributed by atoms with E-state index in [4.69, 9.17) is 5.73 Å². The third-order valence-electron chi connectivity index (χ3n) is 3.51. The minimum absolute atomic E-state index is 0.00442. The molecule has 21 heavy (non-hydrogen) atoms. The topological polar surface area (TPSA) is 59.2 Å². The Morgan fingerprint density at radius 1 is 1.38 bits per heavy atom. The van der Waals surface area contributed by atoms with Crippen LogP contribution >= 0.6 is 22.7 Å². The van der Waals surface area contributed by atoms with Gasteiger partial charge in [-0.3, -0.25) is 4.79 Å². The smallest absolute Gasteiger partial charge is 0.254 e. The third-order valence-corrected chi connectivity index (χ3v) is 5.40. The first-order valence-electron chi connectivity index (χ1n) is 6.53. The molecule has 2 heterocycles. The zero-order chi connectivity index (χ0) is 15.0. The van der Waals surface area contributed by atoms with Crippen molar-refractivity contribution in [1.29, 1.82) is 0 Å². The number of rotatable bonds is 3. The van der Waals surface area contributed by atoms with Crippen molar-refractivity contribution in [3.05, 3.63) is 46.2 Å². The van der Waals surface area contributed by atoms with Crippen molar-refractivity contribution in [3.63, 3.8) is 0 Å². The van der Waals surface area contributed by atoms with Crippen LogP contribution in [0, 0.1) is 0 Å². The van der Waals surface area contributed by atoms with Gasteiger partial charge in [-0.05, 0) is 36.6 Å². The number of thiazole rings is 1. The zero-order valence-electron chi connectivity index (χ0n) is 11.7. The van der Waals surface area contributed by atoms with Crippen LogP contribution < -0.4 is 5.73 Å². The maximum Gasteiger partial charge on any atom is 0.254 e. The molecule has 1 unspecified atom stereocenters. The number of benzene rings is 1. The van der Waals surface area contributed by atoms with Crippen molar-refractivity contribution in [2.45, 2.75) is 13.0 Å². The molecule has 0 bridgehead atoms. The molecule has 1 atom stereocenters. The molecule has 6 heteroatoms. The van der Waals surface area contributed by atoms with Crippen LogP contribution in [0.1, 0.15) is 28.2 Å². The standard InChI is InChI=1S/C15H15N3OS2/c1-9(12-4-3-7-20-12)18(2)14(19)10-5-6-11-13(8-10)21-15(16)17-11/h3-9H,1-2H3,(H2,16,17). The van der Waals surface area contributed by atoms with Crippen molar-refractivity contribution in [2.24, 2.45) is 0 Å². The summed E-state index contributed by atoms with van der Waals surface area (Å²) in [7, 11) is 1.83. The van der Waals surface area contributed by atoms with Crippen LogP contribution in [0.4, 0.5) is 5.13 Å². The first-order valence-corrected chi connectivity index (χ1v) is 8.22. The van der Waals surface area contributed by atoms with Crippen molar-refractivity contribution >= 4 is 43.9 Å². The molecule has 0 saturated heterocycles. The van der Waals surface area contributed by atoms with Crippen LogP contribution in [0.3, 0.4) is 0 Å². The monoisotopic (exact) mass is 317 g/mol. The molecule has 3 rings (SSSR count). The van der Waals surface area contributed by atoms with E-state index in [0.717, 1.165) is 10.2 Å². The van der Waals surface area contributed by atoms with Gasteiger partial charge in [0.25, 0.3) is 5.91 Å². The Hall–Kier alpha value is -1.92. The van der Waals surface area contributed by atoms with Gasteiger partial charge in [0, 0.05) is 17.5 Å². The summed E-state index contributed by atoms with van der Waals surface area (Å²) >= 11 is 3.06. The van der Waals surface area contributed by atoms with Gasteiger partial charge in [0.2, 0.25) is 0 Å². The van der Waals surface area contributed by atoms with Crippen molar-refractivity contribution in [2.75, 3.05) is 12.8 Å². The van der Waals surface area contributed by atoms with Crippen LogP contribution in [0.2, 0.25) is 0 Å².